The molecule has 0 aromatic heterocycles. The van der Waals surface area contributed by atoms with Crippen LogP contribution in [0.25, 0.3) is 0 Å². The van der Waals surface area contributed by atoms with Crippen LogP contribution >= 0.6 is 11.6 Å². The van der Waals surface area contributed by atoms with Gasteiger partial charge in [-0.05, 0) is 25.0 Å². The highest BCUT2D eigenvalue weighted by atomic mass is 35.5. The quantitative estimate of drug-likeness (QED) is 0.881. The summed E-state index contributed by atoms with van der Waals surface area (Å²) in [5.74, 6) is 0.950. The molecule has 0 spiro atoms. The lowest BCUT2D eigenvalue weighted by Crippen LogP contribution is -2.42. The highest BCUT2D eigenvalue weighted by Crippen LogP contribution is 2.48. The molecule has 3 rings (SSSR count). The van der Waals surface area contributed by atoms with Gasteiger partial charge < -0.3 is 15.2 Å². The lowest BCUT2D eigenvalue weighted by molar-refractivity contribution is -0.0184. The average Bonchev–Trinajstić information content (AvgIpc) is 2.28. The van der Waals surface area contributed by atoms with Gasteiger partial charge in [0.25, 0.3) is 0 Å². The SMILES string of the molecule is NCC1(c2cc(Cl)cc3c2OCOC3)CCC1. The molecule has 1 heterocycles. The maximum absolute atomic E-state index is 6.17. The third-order valence-corrected chi connectivity index (χ3v) is 4.17. The molecule has 17 heavy (non-hydrogen) atoms. The highest BCUT2D eigenvalue weighted by Gasteiger charge is 2.40. The van der Waals surface area contributed by atoms with Crippen LogP contribution in [-0.2, 0) is 16.8 Å². The molecule has 1 saturated carbocycles. The van der Waals surface area contributed by atoms with Gasteiger partial charge in [-0.1, -0.05) is 18.0 Å². The number of fused-ring (bicyclic) bond motifs is 1. The molecule has 0 saturated heterocycles. The number of rotatable bonds is 2. The van der Waals surface area contributed by atoms with E-state index in [-0.39, 0.29) is 5.41 Å². The molecule has 1 aromatic carbocycles. The molecule has 1 aliphatic heterocycles. The van der Waals surface area contributed by atoms with Crippen molar-refractivity contribution in [3.8, 4) is 5.75 Å². The second kappa shape index (κ2) is 4.16. The number of ether oxygens (including phenoxy) is 2. The Balaban J connectivity index is 2.11. The molecule has 4 heteroatoms. The van der Waals surface area contributed by atoms with E-state index in [9.17, 15) is 0 Å². The van der Waals surface area contributed by atoms with Gasteiger partial charge in [0, 0.05) is 28.1 Å². The van der Waals surface area contributed by atoms with Gasteiger partial charge in [-0.3, -0.25) is 0 Å². The van der Waals surface area contributed by atoms with Gasteiger partial charge in [0.1, 0.15) is 5.75 Å². The predicted octanol–water partition coefficient (Wildman–Crippen LogP) is 2.59. The van der Waals surface area contributed by atoms with E-state index in [1.165, 1.54) is 12.0 Å². The fraction of sp³-hybridized carbons (Fsp3) is 0.538. The lowest BCUT2D eigenvalue weighted by atomic mass is 9.64. The Hall–Kier alpha value is -0.770. The molecule has 1 aliphatic carbocycles. The van der Waals surface area contributed by atoms with Crippen LogP contribution in [0.15, 0.2) is 12.1 Å². The second-order valence-corrected chi connectivity index (χ2v) is 5.33. The van der Waals surface area contributed by atoms with Crippen molar-refractivity contribution >= 4 is 11.6 Å². The average molecular weight is 254 g/mol. The Morgan fingerprint density at radius 3 is 2.82 bits per heavy atom. The number of hydrogen-bond acceptors (Lipinski definition) is 3. The number of benzene rings is 1. The molecule has 0 atom stereocenters. The standard InChI is InChI=1S/C13H16ClNO2/c14-10-4-9-6-16-8-17-12(9)11(5-10)13(7-15)2-1-3-13/h4-5H,1-3,6-8,15H2. The topological polar surface area (TPSA) is 44.5 Å². The number of nitrogens with two attached hydrogens (primary N) is 1. The number of halogens is 1. The molecule has 0 amide bonds. The molecule has 92 valence electrons. The maximum atomic E-state index is 6.17. The zero-order valence-electron chi connectivity index (χ0n) is 9.67. The van der Waals surface area contributed by atoms with E-state index in [1.807, 2.05) is 12.1 Å². The van der Waals surface area contributed by atoms with Crippen LogP contribution in [0.2, 0.25) is 5.02 Å². The van der Waals surface area contributed by atoms with Gasteiger partial charge in [-0.15, -0.1) is 0 Å². The van der Waals surface area contributed by atoms with Crippen LogP contribution in [0.3, 0.4) is 0 Å². The van der Waals surface area contributed by atoms with Crippen LogP contribution in [0.5, 0.6) is 5.75 Å². The van der Waals surface area contributed by atoms with Crippen LogP contribution in [-0.4, -0.2) is 13.3 Å². The maximum Gasteiger partial charge on any atom is 0.189 e. The Bertz CT molecular complexity index is 438. The van der Waals surface area contributed by atoms with Gasteiger partial charge in [0.05, 0.1) is 6.61 Å². The van der Waals surface area contributed by atoms with Gasteiger partial charge in [-0.2, -0.15) is 0 Å². The molecule has 0 radical (unpaired) electrons. The molecular weight excluding hydrogens is 238 g/mol. The summed E-state index contributed by atoms with van der Waals surface area (Å²) < 4.78 is 10.9. The first-order valence-corrected chi connectivity index (χ1v) is 6.36. The van der Waals surface area contributed by atoms with Crippen molar-refractivity contribution in [2.75, 3.05) is 13.3 Å². The van der Waals surface area contributed by atoms with E-state index < -0.39 is 0 Å². The first-order chi connectivity index (χ1) is 8.25. The van der Waals surface area contributed by atoms with Crippen LogP contribution in [0.1, 0.15) is 30.4 Å². The van der Waals surface area contributed by atoms with Crippen molar-refractivity contribution in [1.29, 1.82) is 0 Å². The van der Waals surface area contributed by atoms with E-state index in [0.29, 0.717) is 19.9 Å². The minimum atomic E-state index is 0.0757. The van der Waals surface area contributed by atoms with Crippen LogP contribution in [0, 0.1) is 0 Å². The summed E-state index contributed by atoms with van der Waals surface area (Å²) in [5.41, 5.74) is 8.25. The van der Waals surface area contributed by atoms with Crippen LogP contribution < -0.4 is 10.5 Å². The zero-order chi connectivity index (χ0) is 11.9. The number of hydrogen-bond donors (Lipinski definition) is 1. The molecule has 0 unspecified atom stereocenters. The van der Waals surface area contributed by atoms with Crippen molar-refractivity contribution in [3.63, 3.8) is 0 Å². The van der Waals surface area contributed by atoms with E-state index in [4.69, 9.17) is 26.8 Å². The van der Waals surface area contributed by atoms with Gasteiger partial charge >= 0.3 is 0 Å². The van der Waals surface area contributed by atoms with Gasteiger partial charge in [-0.25, -0.2) is 0 Å². The van der Waals surface area contributed by atoms with Crippen molar-refractivity contribution in [2.45, 2.75) is 31.3 Å². The van der Waals surface area contributed by atoms with E-state index in [2.05, 4.69) is 0 Å². The summed E-state index contributed by atoms with van der Waals surface area (Å²) in [5, 5.41) is 0.743. The largest absolute Gasteiger partial charge is 0.467 e. The fourth-order valence-electron chi connectivity index (χ4n) is 2.76. The van der Waals surface area contributed by atoms with Crippen molar-refractivity contribution in [3.05, 3.63) is 28.3 Å². The van der Waals surface area contributed by atoms with Crippen LogP contribution in [0.4, 0.5) is 0 Å². The summed E-state index contributed by atoms with van der Waals surface area (Å²) in [6, 6.07) is 3.93. The van der Waals surface area contributed by atoms with E-state index in [1.54, 1.807) is 0 Å². The molecule has 1 fully saturated rings. The lowest BCUT2D eigenvalue weighted by Gasteiger charge is -2.43. The monoisotopic (exact) mass is 253 g/mol. The first-order valence-electron chi connectivity index (χ1n) is 5.99. The molecule has 0 bridgehead atoms. The third-order valence-electron chi connectivity index (χ3n) is 3.95. The van der Waals surface area contributed by atoms with Crippen molar-refractivity contribution in [2.24, 2.45) is 5.73 Å². The summed E-state index contributed by atoms with van der Waals surface area (Å²) in [7, 11) is 0. The van der Waals surface area contributed by atoms with E-state index >= 15 is 0 Å². The molecule has 3 nitrogen and oxygen atoms in total. The summed E-state index contributed by atoms with van der Waals surface area (Å²) in [6.45, 7) is 1.55. The Kier molecular flexibility index (Phi) is 2.77. The second-order valence-electron chi connectivity index (χ2n) is 4.89. The smallest absolute Gasteiger partial charge is 0.189 e. The molecule has 2 aliphatic rings. The Morgan fingerprint density at radius 1 is 1.35 bits per heavy atom. The molecule has 2 N–H and O–H groups in total. The first kappa shape index (κ1) is 11.3. The summed E-state index contributed by atoms with van der Waals surface area (Å²) in [6.07, 6.45) is 3.48. The minimum absolute atomic E-state index is 0.0757. The zero-order valence-corrected chi connectivity index (χ0v) is 10.4. The van der Waals surface area contributed by atoms with Gasteiger partial charge in [0.15, 0.2) is 6.79 Å². The third kappa shape index (κ3) is 1.73. The minimum Gasteiger partial charge on any atom is -0.467 e. The van der Waals surface area contributed by atoms with Crippen molar-refractivity contribution in [1.82, 2.24) is 0 Å². The van der Waals surface area contributed by atoms with E-state index in [0.717, 1.165) is 29.2 Å². The summed E-state index contributed by atoms with van der Waals surface area (Å²) >= 11 is 6.17. The predicted molar refractivity (Wildman–Crippen MR) is 66.3 cm³/mol. The fourth-order valence-corrected chi connectivity index (χ4v) is 3.00. The van der Waals surface area contributed by atoms with Gasteiger partial charge in [0.2, 0.25) is 0 Å². The molecule has 1 aromatic rings. The summed E-state index contributed by atoms with van der Waals surface area (Å²) in [4.78, 5) is 0. The Morgan fingerprint density at radius 2 is 2.18 bits per heavy atom. The normalized spacial score (nSPS) is 21.3. The Labute approximate surface area is 106 Å². The highest BCUT2D eigenvalue weighted by molar-refractivity contribution is 6.30. The van der Waals surface area contributed by atoms with Crippen molar-refractivity contribution < 1.29 is 9.47 Å². The molecular formula is C13H16ClNO2.